The van der Waals surface area contributed by atoms with E-state index >= 15 is 0 Å². The van der Waals surface area contributed by atoms with E-state index in [0.29, 0.717) is 11.4 Å². The molecule has 0 atom stereocenters. The van der Waals surface area contributed by atoms with Crippen LogP contribution in [0.1, 0.15) is 11.1 Å². The number of amides is 4. The third-order valence-electron chi connectivity index (χ3n) is 3.32. The molecule has 0 aliphatic rings. The van der Waals surface area contributed by atoms with Crippen LogP contribution in [0, 0.1) is 13.8 Å². The van der Waals surface area contributed by atoms with Crippen molar-refractivity contribution < 1.29 is 9.59 Å². The van der Waals surface area contributed by atoms with Gasteiger partial charge < -0.3 is 5.32 Å². The maximum Gasteiger partial charge on any atom is 0.344 e. The molecular formula is C18H22N4O2. The Balaban J connectivity index is 2.26. The summed E-state index contributed by atoms with van der Waals surface area (Å²) in [6, 6.07) is 13.5. The first-order chi connectivity index (χ1) is 11.4. The van der Waals surface area contributed by atoms with Gasteiger partial charge in [0.05, 0.1) is 5.69 Å². The van der Waals surface area contributed by atoms with Crippen molar-refractivity contribution in [3.8, 4) is 0 Å². The molecule has 0 unspecified atom stereocenters. The first kappa shape index (κ1) is 17.5. The molecule has 2 rings (SSSR count). The van der Waals surface area contributed by atoms with E-state index in [1.165, 1.54) is 5.01 Å². The lowest BCUT2D eigenvalue weighted by Crippen LogP contribution is -2.50. The van der Waals surface area contributed by atoms with E-state index in [2.05, 4.69) is 10.7 Å². The highest BCUT2D eigenvalue weighted by Crippen LogP contribution is 2.18. The molecule has 0 radical (unpaired) electrons. The summed E-state index contributed by atoms with van der Waals surface area (Å²) in [7, 11) is 3.37. The number of carbonyl (C=O) groups is 2. The van der Waals surface area contributed by atoms with Gasteiger partial charge in [-0.3, -0.25) is 5.43 Å². The second kappa shape index (κ2) is 7.61. The Morgan fingerprint density at radius 1 is 0.792 bits per heavy atom. The number of hydrazine groups is 1. The number of hydrogen-bond donors (Lipinski definition) is 2. The quantitative estimate of drug-likeness (QED) is 0.848. The molecule has 0 aromatic heterocycles. The van der Waals surface area contributed by atoms with Crippen LogP contribution in [0.2, 0.25) is 0 Å². The molecule has 24 heavy (non-hydrogen) atoms. The van der Waals surface area contributed by atoms with Crippen LogP contribution in [0.15, 0.2) is 48.5 Å². The van der Waals surface area contributed by atoms with Gasteiger partial charge >= 0.3 is 12.1 Å². The van der Waals surface area contributed by atoms with Gasteiger partial charge in [-0.1, -0.05) is 35.4 Å². The minimum Gasteiger partial charge on any atom is -0.307 e. The second-order valence-electron chi connectivity index (χ2n) is 5.78. The number of nitrogens with one attached hydrogen (secondary N) is 2. The summed E-state index contributed by atoms with van der Waals surface area (Å²) in [5, 5.41) is 4.23. The lowest BCUT2D eigenvalue weighted by molar-refractivity contribution is 0.216. The van der Waals surface area contributed by atoms with Crippen molar-refractivity contribution in [2.75, 3.05) is 24.3 Å². The van der Waals surface area contributed by atoms with Crippen LogP contribution in [0.3, 0.4) is 0 Å². The number of rotatable bonds is 3. The third kappa shape index (κ3) is 4.57. The van der Waals surface area contributed by atoms with Crippen LogP contribution >= 0.6 is 0 Å². The average Bonchev–Trinajstić information content (AvgIpc) is 2.51. The Bertz CT molecular complexity index is 709. The highest BCUT2D eigenvalue weighted by atomic mass is 16.2. The second-order valence-corrected chi connectivity index (χ2v) is 5.78. The number of imide groups is 1. The minimum atomic E-state index is -0.534. The number of benzene rings is 2. The van der Waals surface area contributed by atoms with E-state index in [1.54, 1.807) is 38.4 Å². The SMILES string of the molecule is Cc1ccc(NC(=O)N(C(=O)NN(C)C)c2ccc(C)cc2)cc1. The average molecular weight is 326 g/mol. The van der Waals surface area contributed by atoms with Gasteiger partial charge in [-0.25, -0.2) is 19.5 Å². The first-order valence-electron chi connectivity index (χ1n) is 7.59. The van der Waals surface area contributed by atoms with E-state index < -0.39 is 12.1 Å². The fourth-order valence-corrected chi connectivity index (χ4v) is 2.08. The zero-order valence-corrected chi connectivity index (χ0v) is 14.3. The summed E-state index contributed by atoms with van der Waals surface area (Å²) in [5.74, 6) is 0. The van der Waals surface area contributed by atoms with Gasteiger partial charge in [-0.15, -0.1) is 0 Å². The number of anilines is 2. The molecule has 0 bridgehead atoms. The Kier molecular flexibility index (Phi) is 5.55. The lowest BCUT2D eigenvalue weighted by atomic mass is 10.2. The van der Waals surface area contributed by atoms with Crippen molar-refractivity contribution in [1.29, 1.82) is 0 Å². The van der Waals surface area contributed by atoms with Crippen molar-refractivity contribution in [3.05, 3.63) is 59.7 Å². The van der Waals surface area contributed by atoms with E-state index in [-0.39, 0.29) is 0 Å². The van der Waals surface area contributed by atoms with Crippen LogP contribution in [-0.4, -0.2) is 31.2 Å². The normalized spacial score (nSPS) is 10.4. The highest BCUT2D eigenvalue weighted by Gasteiger charge is 2.24. The summed E-state index contributed by atoms with van der Waals surface area (Å²) in [5.41, 5.74) is 5.85. The smallest absolute Gasteiger partial charge is 0.307 e. The topological polar surface area (TPSA) is 64.7 Å². The number of urea groups is 2. The standard InChI is InChI=1S/C18H22N4O2/c1-13-5-9-15(10-6-13)19-17(23)22(18(24)20-21(3)4)16-11-7-14(2)8-12-16/h5-12H,1-4H3,(H,19,23)(H,20,24). The Morgan fingerprint density at radius 2 is 1.29 bits per heavy atom. The number of carbonyl (C=O) groups excluding carboxylic acids is 2. The maximum atomic E-state index is 12.6. The zero-order valence-electron chi connectivity index (χ0n) is 14.3. The first-order valence-corrected chi connectivity index (χ1v) is 7.59. The Morgan fingerprint density at radius 3 is 1.79 bits per heavy atom. The molecule has 0 saturated heterocycles. The molecule has 0 fully saturated rings. The Hall–Kier alpha value is -2.86. The molecule has 0 aliphatic heterocycles. The monoisotopic (exact) mass is 326 g/mol. The fourth-order valence-electron chi connectivity index (χ4n) is 2.08. The van der Waals surface area contributed by atoms with Crippen LogP contribution in [-0.2, 0) is 0 Å². The number of hydrogen-bond acceptors (Lipinski definition) is 3. The predicted octanol–water partition coefficient (Wildman–Crippen LogP) is 3.53. The molecule has 126 valence electrons. The van der Waals surface area contributed by atoms with Crippen LogP contribution < -0.4 is 15.6 Å². The largest absolute Gasteiger partial charge is 0.344 e. The minimum absolute atomic E-state index is 0.490. The maximum absolute atomic E-state index is 12.6. The van der Waals surface area contributed by atoms with Crippen LogP contribution in [0.5, 0.6) is 0 Å². The van der Waals surface area contributed by atoms with Gasteiger partial charge in [0.15, 0.2) is 0 Å². The molecule has 4 amide bonds. The van der Waals surface area contributed by atoms with Gasteiger partial charge in [-0.2, -0.15) is 0 Å². The molecule has 2 N–H and O–H groups in total. The molecule has 0 spiro atoms. The molecule has 2 aromatic carbocycles. The summed E-state index contributed by atoms with van der Waals surface area (Å²) in [6.45, 7) is 3.91. The van der Waals surface area contributed by atoms with Crippen molar-refractivity contribution in [3.63, 3.8) is 0 Å². The van der Waals surface area contributed by atoms with E-state index in [4.69, 9.17) is 0 Å². The van der Waals surface area contributed by atoms with Gasteiger partial charge in [0.2, 0.25) is 0 Å². The Labute approximate surface area is 142 Å². The van der Waals surface area contributed by atoms with Crippen LogP contribution in [0.4, 0.5) is 21.0 Å². The zero-order chi connectivity index (χ0) is 17.7. The number of aryl methyl sites for hydroxylation is 2. The summed E-state index contributed by atoms with van der Waals surface area (Å²) in [4.78, 5) is 26.1. The number of nitrogens with zero attached hydrogens (tertiary/aromatic N) is 2. The molecule has 6 nitrogen and oxygen atoms in total. The van der Waals surface area contributed by atoms with Gasteiger partial charge in [0.1, 0.15) is 0 Å². The summed E-state index contributed by atoms with van der Waals surface area (Å²) in [6.07, 6.45) is 0. The van der Waals surface area contributed by atoms with E-state index in [1.807, 2.05) is 38.1 Å². The van der Waals surface area contributed by atoms with Crippen molar-refractivity contribution in [2.45, 2.75) is 13.8 Å². The highest BCUT2D eigenvalue weighted by molar-refractivity contribution is 6.17. The van der Waals surface area contributed by atoms with E-state index in [9.17, 15) is 9.59 Å². The molecule has 6 heteroatoms. The van der Waals surface area contributed by atoms with Crippen molar-refractivity contribution in [2.24, 2.45) is 0 Å². The molecule has 0 saturated carbocycles. The van der Waals surface area contributed by atoms with Gasteiger partial charge in [-0.05, 0) is 38.1 Å². The molecule has 0 heterocycles. The fraction of sp³-hybridized carbons (Fsp3) is 0.222. The van der Waals surface area contributed by atoms with Crippen molar-refractivity contribution >= 4 is 23.4 Å². The molecule has 0 aliphatic carbocycles. The summed E-state index contributed by atoms with van der Waals surface area (Å²) >= 11 is 0. The van der Waals surface area contributed by atoms with Gasteiger partial charge in [0, 0.05) is 19.8 Å². The lowest BCUT2D eigenvalue weighted by Gasteiger charge is -2.24. The van der Waals surface area contributed by atoms with E-state index in [0.717, 1.165) is 16.0 Å². The summed E-state index contributed by atoms with van der Waals surface area (Å²) < 4.78 is 0. The molecular weight excluding hydrogens is 304 g/mol. The van der Waals surface area contributed by atoms with Crippen molar-refractivity contribution in [1.82, 2.24) is 10.4 Å². The molecule has 2 aromatic rings. The van der Waals surface area contributed by atoms with Gasteiger partial charge in [0.25, 0.3) is 0 Å². The third-order valence-corrected chi connectivity index (χ3v) is 3.32. The predicted molar refractivity (Wildman–Crippen MR) is 96.1 cm³/mol. The van der Waals surface area contributed by atoms with Crippen LogP contribution in [0.25, 0.3) is 0 Å².